The van der Waals surface area contributed by atoms with Gasteiger partial charge in [0.2, 0.25) is 5.91 Å². The number of rotatable bonds is 5. The Morgan fingerprint density at radius 2 is 2.12 bits per heavy atom. The minimum absolute atomic E-state index is 0.0433. The Morgan fingerprint density at radius 3 is 2.77 bits per heavy atom. The minimum Gasteiger partial charge on any atom is -0.497 e. The molecule has 1 aromatic carbocycles. The van der Waals surface area contributed by atoms with Crippen LogP contribution in [-0.4, -0.2) is 48.7 Å². The van der Waals surface area contributed by atoms with Crippen LogP contribution in [0.1, 0.15) is 25.5 Å². The molecule has 4 rings (SSSR count). The first-order valence-electron chi connectivity index (χ1n) is 8.99. The summed E-state index contributed by atoms with van der Waals surface area (Å²) in [5.41, 5.74) is 0.307. The predicted molar refractivity (Wildman–Crippen MR) is 93.5 cm³/mol. The second-order valence-corrected chi connectivity index (χ2v) is 7.07. The first-order valence-corrected chi connectivity index (χ1v) is 8.99. The Bertz CT molecular complexity index is 758. The molecule has 26 heavy (non-hydrogen) atoms. The summed E-state index contributed by atoms with van der Waals surface area (Å²) in [5, 5.41) is 0. The number of carbonyl (C=O) groups is 2. The number of esters is 1. The van der Waals surface area contributed by atoms with Crippen LogP contribution in [0.5, 0.6) is 5.75 Å². The van der Waals surface area contributed by atoms with E-state index in [2.05, 4.69) is 0 Å². The van der Waals surface area contributed by atoms with E-state index in [-0.39, 0.29) is 24.0 Å². The molecule has 1 amide bonds. The fourth-order valence-electron chi connectivity index (χ4n) is 4.43. The second kappa shape index (κ2) is 6.13. The number of methoxy groups -OCH3 is 1. The molecule has 3 aliphatic rings. The fraction of sp³-hybridized carbons (Fsp3) is 0.500. The molecule has 1 spiro atoms. The minimum atomic E-state index is -0.708. The Morgan fingerprint density at radius 1 is 1.38 bits per heavy atom. The third kappa shape index (κ3) is 2.35. The molecule has 2 saturated heterocycles. The summed E-state index contributed by atoms with van der Waals surface area (Å²) in [6.07, 6.45) is 3.49. The summed E-state index contributed by atoms with van der Waals surface area (Å²) in [5.74, 6) is -0.673. The normalized spacial score (nSPS) is 32.7. The third-order valence-corrected chi connectivity index (χ3v) is 5.75. The molecule has 5 atom stereocenters. The van der Waals surface area contributed by atoms with Crippen LogP contribution in [0.4, 0.5) is 0 Å². The average Bonchev–Trinajstić information content (AvgIpc) is 3.29. The fourth-order valence-corrected chi connectivity index (χ4v) is 4.43. The molecule has 0 radical (unpaired) electrons. The number of nitrogens with zero attached hydrogens (tertiary/aromatic N) is 1. The van der Waals surface area contributed by atoms with Gasteiger partial charge in [-0.15, -0.1) is 0 Å². The first kappa shape index (κ1) is 17.1. The Labute approximate surface area is 152 Å². The van der Waals surface area contributed by atoms with Gasteiger partial charge in [-0.25, -0.2) is 0 Å². The van der Waals surface area contributed by atoms with Crippen LogP contribution < -0.4 is 4.74 Å². The topological polar surface area (TPSA) is 65.1 Å². The van der Waals surface area contributed by atoms with Gasteiger partial charge in [0.15, 0.2) is 0 Å². The van der Waals surface area contributed by atoms with Crippen LogP contribution in [0.2, 0.25) is 0 Å². The van der Waals surface area contributed by atoms with Gasteiger partial charge in [0.1, 0.15) is 17.3 Å². The standard InChI is InChI=1S/C20H23NO5/c1-4-25-19(23)16-15-9-10-20(26-15)11-21(18(22)17(16)20)12(2)13-5-7-14(24-3)8-6-13/h5-10,12,15-17H,4,11H2,1-3H3/t12-,15+,16-,17+,20-/m1/s1. The van der Waals surface area contributed by atoms with Crippen molar-refractivity contribution in [3.05, 3.63) is 42.0 Å². The van der Waals surface area contributed by atoms with Gasteiger partial charge >= 0.3 is 5.97 Å². The lowest BCUT2D eigenvalue weighted by Crippen LogP contribution is -2.40. The van der Waals surface area contributed by atoms with Crippen molar-refractivity contribution in [2.24, 2.45) is 11.8 Å². The van der Waals surface area contributed by atoms with Crippen molar-refractivity contribution < 1.29 is 23.8 Å². The summed E-state index contributed by atoms with van der Waals surface area (Å²) >= 11 is 0. The van der Waals surface area contributed by atoms with E-state index in [9.17, 15) is 9.59 Å². The Balaban J connectivity index is 1.60. The summed E-state index contributed by atoms with van der Waals surface area (Å²) < 4.78 is 16.5. The van der Waals surface area contributed by atoms with Crippen molar-refractivity contribution in [3.8, 4) is 5.75 Å². The van der Waals surface area contributed by atoms with E-state index in [1.54, 1.807) is 14.0 Å². The zero-order valence-electron chi connectivity index (χ0n) is 15.2. The highest BCUT2D eigenvalue weighted by Crippen LogP contribution is 2.53. The van der Waals surface area contributed by atoms with Gasteiger partial charge in [0.05, 0.1) is 38.3 Å². The summed E-state index contributed by atoms with van der Waals surface area (Å²) in [6, 6.07) is 7.57. The van der Waals surface area contributed by atoms with Crippen LogP contribution in [0.25, 0.3) is 0 Å². The number of carbonyl (C=O) groups excluding carboxylic acids is 2. The zero-order valence-corrected chi connectivity index (χ0v) is 15.2. The molecule has 0 aliphatic carbocycles. The van der Waals surface area contributed by atoms with Gasteiger partial charge in [-0.1, -0.05) is 24.3 Å². The van der Waals surface area contributed by atoms with E-state index < -0.39 is 17.4 Å². The SMILES string of the molecule is CCOC(=O)[C@@H]1[C@@H]2C=C[C@]3(CN([C@H](C)c4ccc(OC)cc4)C(=O)[C@H]13)O2. The lowest BCUT2D eigenvalue weighted by Gasteiger charge is -2.27. The van der Waals surface area contributed by atoms with Gasteiger partial charge in [0.25, 0.3) is 0 Å². The molecule has 6 nitrogen and oxygen atoms in total. The quantitative estimate of drug-likeness (QED) is 0.596. The molecule has 2 bridgehead atoms. The van der Waals surface area contributed by atoms with Gasteiger partial charge < -0.3 is 19.1 Å². The number of benzene rings is 1. The lowest BCUT2D eigenvalue weighted by molar-refractivity contribution is -0.153. The number of fused-ring (bicyclic) bond motifs is 1. The number of likely N-dealkylation sites (tertiary alicyclic amines) is 1. The maximum atomic E-state index is 13.2. The predicted octanol–water partition coefficient (Wildman–Crippen LogP) is 2.10. The molecule has 6 heteroatoms. The zero-order chi connectivity index (χ0) is 18.5. The molecule has 0 aromatic heterocycles. The summed E-state index contributed by atoms with van der Waals surface area (Å²) in [7, 11) is 1.62. The molecular formula is C20H23NO5. The van der Waals surface area contributed by atoms with Crippen LogP contribution >= 0.6 is 0 Å². The smallest absolute Gasteiger partial charge is 0.312 e. The number of hydrogen-bond donors (Lipinski definition) is 0. The van der Waals surface area contributed by atoms with Crippen LogP contribution in [0.15, 0.2) is 36.4 Å². The van der Waals surface area contributed by atoms with E-state index in [1.807, 2.05) is 48.2 Å². The van der Waals surface area contributed by atoms with E-state index in [0.717, 1.165) is 11.3 Å². The highest BCUT2D eigenvalue weighted by atomic mass is 16.6. The molecule has 3 heterocycles. The number of hydrogen-bond acceptors (Lipinski definition) is 5. The van der Waals surface area contributed by atoms with Gasteiger partial charge in [-0.05, 0) is 31.5 Å². The summed E-state index contributed by atoms with van der Waals surface area (Å²) in [6.45, 7) is 4.51. The second-order valence-electron chi connectivity index (χ2n) is 7.07. The van der Waals surface area contributed by atoms with Crippen molar-refractivity contribution in [3.63, 3.8) is 0 Å². The van der Waals surface area contributed by atoms with E-state index in [1.165, 1.54) is 0 Å². The van der Waals surface area contributed by atoms with Crippen molar-refractivity contribution in [1.82, 2.24) is 4.90 Å². The van der Waals surface area contributed by atoms with Crippen LogP contribution in [0, 0.1) is 11.8 Å². The molecule has 0 saturated carbocycles. The molecule has 3 aliphatic heterocycles. The number of ether oxygens (including phenoxy) is 3. The number of amides is 1. The van der Waals surface area contributed by atoms with E-state index in [0.29, 0.717) is 13.2 Å². The van der Waals surface area contributed by atoms with E-state index in [4.69, 9.17) is 14.2 Å². The molecule has 0 N–H and O–H groups in total. The Hall–Kier alpha value is -2.34. The molecular weight excluding hydrogens is 334 g/mol. The highest BCUT2D eigenvalue weighted by Gasteiger charge is 2.67. The first-order chi connectivity index (χ1) is 12.5. The van der Waals surface area contributed by atoms with Crippen molar-refractivity contribution in [2.75, 3.05) is 20.3 Å². The summed E-state index contributed by atoms with van der Waals surface area (Å²) in [4.78, 5) is 27.4. The maximum absolute atomic E-state index is 13.2. The van der Waals surface area contributed by atoms with Crippen molar-refractivity contribution >= 4 is 11.9 Å². The third-order valence-electron chi connectivity index (χ3n) is 5.75. The van der Waals surface area contributed by atoms with E-state index >= 15 is 0 Å². The average molecular weight is 357 g/mol. The van der Waals surface area contributed by atoms with Gasteiger partial charge in [-0.2, -0.15) is 0 Å². The van der Waals surface area contributed by atoms with Crippen molar-refractivity contribution in [2.45, 2.75) is 31.6 Å². The molecule has 2 fully saturated rings. The highest BCUT2D eigenvalue weighted by molar-refractivity contribution is 5.91. The maximum Gasteiger partial charge on any atom is 0.312 e. The monoisotopic (exact) mass is 357 g/mol. The van der Waals surface area contributed by atoms with Crippen LogP contribution in [0.3, 0.4) is 0 Å². The van der Waals surface area contributed by atoms with Gasteiger partial charge in [0, 0.05) is 0 Å². The van der Waals surface area contributed by atoms with Crippen molar-refractivity contribution in [1.29, 1.82) is 0 Å². The molecule has 0 unspecified atom stereocenters. The Kier molecular flexibility index (Phi) is 4.03. The largest absolute Gasteiger partial charge is 0.497 e. The van der Waals surface area contributed by atoms with Gasteiger partial charge in [-0.3, -0.25) is 9.59 Å². The molecule has 138 valence electrons. The lowest BCUT2D eigenvalue weighted by atomic mass is 9.77. The molecule has 1 aromatic rings. The van der Waals surface area contributed by atoms with Crippen LogP contribution in [-0.2, 0) is 19.1 Å².